The number of methoxy groups -OCH3 is 1. The third-order valence-electron chi connectivity index (χ3n) is 2.92. The van der Waals surface area contributed by atoms with Crippen molar-refractivity contribution in [3.05, 3.63) is 5.89 Å². The van der Waals surface area contributed by atoms with E-state index in [1.165, 1.54) is 12.8 Å². The third-order valence-corrected chi connectivity index (χ3v) is 2.92. The Balaban J connectivity index is 1.79. The van der Waals surface area contributed by atoms with Gasteiger partial charge >= 0.3 is 6.01 Å². The van der Waals surface area contributed by atoms with Crippen molar-refractivity contribution in [1.82, 2.24) is 15.5 Å². The number of rotatable bonds is 9. The zero-order valence-corrected chi connectivity index (χ0v) is 11.1. The molecule has 0 bridgehead atoms. The van der Waals surface area contributed by atoms with Gasteiger partial charge in [-0.3, -0.25) is 0 Å². The zero-order chi connectivity index (χ0) is 12.8. The second kappa shape index (κ2) is 6.70. The summed E-state index contributed by atoms with van der Waals surface area (Å²) in [5.41, 5.74) is 0. The number of aromatic nitrogens is 2. The molecule has 1 aromatic heterocycles. The fraction of sp³-hybridized carbons (Fsp3) is 0.833. The molecule has 1 atom stereocenters. The highest BCUT2D eigenvalue weighted by atomic mass is 16.5. The van der Waals surface area contributed by atoms with E-state index in [-0.39, 0.29) is 6.04 Å². The average Bonchev–Trinajstić information content (AvgIpc) is 3.08. The van der Waals surface area contributed by atoms with E-state index in [9.17, 15) is 0 Å². The molecule has 0 aromatic carbocycles. The molecule has 6 nitrogen and oxygen atoms in total. The lowest BCUT2D eigenvalue weighted by Gasteiger charge is -2.14. The number of ether oxygens (including phenoxy) is 1. The summed E-state index contributed by atoms with van der Waals surface area (Å²) in [6.07, 6.45) is 4.62. The van der Waals surface area contributed by atoms with Gasteiger partial charge in [-0.1, -0.05) is 18.4 Å². The van der Waals surface area contributed by atoms with Crippen LogP contribution in [0.4, 0.5) is 6.01 Å². The van der Waals surface area contributed by atoms with Gasteiger partial charge in [-0.25, -0.2) is 0 Å². The van der Waals surface area contributed by atoms with Crippen LogP contribution in [0.5, 0.6) is 0 Å². The molecule has 2 rings (SSSR count). The maximum absolute atomic E-state index is 5.53. The molecule has 0 amide bonds. The van der Waals surface area contributed by atoms with Crippen molar-refractivity contribution < 1.29 is 9.15 Å². The van der Waals surface area contributed by atoms with Crippen molar-refractivity contribution >= 4 is 6.01 Å². The van der Waals surface area contributed by atoms with Gasteiger partial charge < -0.3 is 19.8 Å². The van der Waals surface area contributed by atoms with Crippen LogP contribution in [-0.2, 0) is 11.3 Å². The van der Waals surface area contributed by atoms with E-state index in [0.29, 0.717) is 31.1 Å². The van der Waals surface area contributed by atoms with Crippen LogP contribution in [0.3, 0.4) is 0 Å². The molecule has 0 aliphatic heterocycles. The van der Waals surface area contributed by atoms with Gasteiger partial charge in [0.2, 0.25) is 5.89 Å². The first-order valence-corrected chi connectivity index (χ1v) is 6.63. The van der Waals surface area contributed by atoms with Crippen LogP contribution in [0.15, 0.2) is 4.42 Å². The molecule has 2 N–H and O–H groups in total. The lowest BCUT2D eigenvalue weighted by atomic mass is 10.2. The summed E-state index contributed by atoms with van der Waals surface area (Å²) in [6.45, 7) is 3.44. The largest absolute Gasteiger partial charge is 0.407 e. The van der Waals surface area contributed by atoms with Crippen LogP contribution in [0, 0.1) is 0 Å². The van der Waals surface area contributed by atoms with Crippen molar-refractivity contribution in [2.24, 2.45) is 0 Å². The van der Waals surface area contributed by atoms with Crippen molar-refractivity contribution in [2.45, 2.75) is 51.2 Å². The van der Waals surface area contributed by atoms with Crippen molar-refractivity contribution in [3.63, 3.8) is 0 Å². The van der Waals surface area contributed by atoms with E-state index in [1.54, 1.807) is 7.11 Å². The minimum atomic E-state index is 0.227. The Bertz CT molecular complexity index is 346. The summed E-state index contributed by atoms with van der Waals surface area (Å²) in [7, 11) is 1.70. The Kier molecular flexibility index (Phi) is 4.95. The minimum Gasteiger partial charge on any atom is -0.407 e. The van der Waals surface area contributed by atoms with Crippen LogP contribution in [0.25, 0.3) is 0 Å². The summed E-state index contributed by atoms with van der Waals surface area (Å²) in [4.78, 5) is 0. The molecule has 1 unspecified atom stereocenters. The van der Waals surface area contributed by atoms with Gasteiger partial charge in [0.05, 0.1) is 19.2 Å². The van der Waals surface area contributed by atoms with Gasteiger partial charge in [0, 0.05) is 13.2 Å². The van der Waals surface area contributed by atoms with E-state index >= 15 is 0 Å². The quantitative estimate of drug-likeness (QED) is 0.696. The lowest BCUT2D eigenvalue weighted by Crippen LogP contribution is -2.24. The predicted octanol–water partition coefficient (Wildman–Crippen LogP) is 1.55. The Morgan fingerprint density at radius 1 is 1.44 bits per heavy atom. The van der Waals surface area contributed by atoms with E-state index in [0.717, 1.165) is 12.8 Å². The van der Waals surface area contributed by atoms with Crippen molar-refractivity contribution in [3.8, 4) is 0 Å². The predicted molar refractivity (Wildman–Crippen MR) is 68.4 cm³/mol. The number of anilines is 1. The summed E-state index contributed by atoms with van der Waals surface area (Å²) in [5, 5.41) is 14.6. The van der Waals surface area contributed by atoms with Crippen LogP contribution in [0.2, 0.25) is 0 Å². The topological polar surface area (TPSA) is 72.2 Å². The fourth-order valence-corrected chi connectivity index (χ4v) is 1.82. The molecule has 1 fully saturated rings. The second-order valence-electron chi connectivity index (χ2n) is 4.74. The molecular weight excluding hydrogens is 232 g/mol. The van der Waals surface area contributed by atoms with Crippen LogP contribution >= 0.6 is 0 Å². The standard InChI is InChI=1S/C12H22N4O2/c1-3-4-10(8-17-2)14-12-16-15-11(18-12)7-13-9-5-6-9/h9-10,13H,3-8H2,1-2H3,(H,14,16). The Morgan fingerprint density at radius 2 is 2.28 bits per heavy atom. The monoisotopic (exact) mass is 254 g/mol. The maximum atomic E-state index is 5.53. The van der Waals surface area contributed by atoms with Crippen molar-refractivity contribution in [1.29, 1.82) is 0 Å². The molecule has 18 heavy (non-hydrogen) atoms. The van der Waals surface area contributed by atoms with E-state index in [1.807, 2.05) is 0 Å². The smallest absolute Gasteiger partial charge is 0.315 e. The molecule has 0 spiro atoms. The Hall–Kier alpha value is -1.14. The zero-order valence-electron chi connectivity index (χ0n) is 11.1. The van der Waals surface area contributed by atoms with E-state index in [4.69, 9.17) is 9.15 Å². The van der Waals surface area contributed by atoms with Gasteiger partial charge in [0.15, 0.2) is 0 Å². The highest BCUT2D eigenvalue weighted by Crippen LogP contribution is 2.19. The van der Waals surface area contributed by atoms with Crippen LogP contribution in [0.1, 0.15) is 38.5 Å². The van der Waals surface area contributed by atoms with Gasteiger partial charge in [-0.2, -0.15) is 0 Å². The molecule has 0 saturated heterocycles. The molecule has 1 aliphatic carbocycles. The Labute approximate surface area is 107 Å². The van der Waals surface area contributed by atoms with Crippen LogP contribution < -0.4 is 10.6 Å². The van der Waals surface area contributed by atoms with Gasteiger partial charge in [0.25, 0.3) is 0 Å². The molecule has 1 aliphatic rings. The molecule has 6 heteroatoms. The van der Waals surface area contributed by atoms with Gasteiger partial charge in [-0.05, 0) is 19.3 Å². The molecular formula is C12H22N4O2. The van der Waals surface area contributed by atoms with E-state index < -0.39 is 0 Å². The summed E-state index contributed by atoms with van der Waals surface area (Å²) < 4.78 is 10.7. The van der Waals surface area contributed by atoms with E-state index in [2.05, 4.69) is 27.8 Å². The lowest BCUT2D eigenvalue weighted by molar-refractivity contribution is 0.181. The van der Waals surface area contributed by atoms with Gasteiger partial charge in [0.1, 0.15) is 0 Å². The molecule has 102 valence electrons. The molecule has 1 aromatic rings. The fourth-order valence-electron chi connectivity index (χ4n) is 1.82. The highest BCUT2D eigenvalue weighted by Gasteiger charge is 2.21. The summed E-state index contributed by atoms with van der Waals surface area (Å²) in [5.74, 6) is 0.636. The minimum absolute atomic E-state index is 0.227. The highest BCUT2D eigenvalue weighted by molar-refractivity contribution is 5.19. The molecule has 1 saturated carbocycles. The van der Waals surface area contributed by atoms with Crippen LogP contribution in [-0.4, -0.2) is 36.0 Å². The molecule has 0 radical (unpaired) electrons. The average molecular weight is 254 g/mol. The maximum Gasteiger partial charge on any atom is 0.315 e. The first-order valence-electron chi connectivity index (χ1n) is 6.63. The summed E-state index contributed by atoms with van der Waals surface area (Å²) >= 11 is 0. The second-order valence-corrected chi connectivity index (χ2v) is 4.74. The SMILES string of the molecule is CCCC(COC)Nc1nnc(CNC2CC2)o1. The third kappa shape index (κ3) is 4.27. The number of hydrogen-bond donors (Lipinski definition) is 2. The molecule has 1 heterocycles. The first-order chi connectivity index (χ1) is 8.81. The normalized spacial score (nSPS) is 16.8. The number of nitrogens with zero attached hydrogens (tertiary/aromatic N) is 2. The summed E-state index contributed by atoms with van der Waals surface area (Å²) in [6, 6.07) is 1.36. The Morgan fingerprint density at radius 3 is 2.94 bits per heavy atom. The first kappa shape index (κ1) is 13.3. The number of nitrogens with one attached hydrogen (secondary N) is 2. The van der Waals surface area contributed by atoms with Gasteiger partial charge in [-0.15, -0.1) is 5.10 Å². The van der Waals surface area contributed by atoms with Crippen molar-refractivity contribution in [2.75, 3.05) is 19.0 Å². The number of hydrogen-bond acceptors (Lipinski definition) is 6.